The zero-order valence-electron chi connectivity index (χ0n) is 9.65. The van der Waals surface area contributed by atoms with E-state index in [-0.39, 0.29) is 6.10 Å². The molecule has 0 aromatic heterocycles. The summed E-state index contributed by atoms with van der Waals surface area (Å²) in [7, 11) is 1.67. The summed E-state index contributed by atoms with van der Waals surface area (Å²) in [5.41, 5.74) is 2.45. The Morgan fingerprint density at radius 1 is 1.25 bits per heavy atom. The second kappa shape index (κ2) is 5.17. The van der Waals surface area contributed by atoms with Crippen LogP contribution in [0, 0.1) is 0 Å². The van der Waals surface area contributed by atoms with Crippen molar-refractivity contribution >= 4 is 5.57 Å². The third kappa shape index (κ3) is 2.64. The highest BCUT2D eigenvalue weighted by atomic mass is 16.5. The monoisotopic (exact) mass is 218 g/mol. The molecule has 2 nitrogen and oxygen atoms in total. The lowest BCUT2D eigenvalue weighted by Gasteiger charge is -2.10. The second-order valence-corrected chi connectivity index (χ2v) is 4.25. The molecule has 1 N–H and O–H groups in total. The number of benzene rings is 1. The molecule has 0 spiro atoms. The molecular weight excluding hydrogens is 200 g/mol. The average molecular weight is 218 g/mol. The largest absolute Gasteiger partial charge is 0.497 e. The predicted molar refractivity (Wildman–Crippen MR) is 65.4 cm³/mol. The molecule has 1 atom stereocenters. The van der Waals surface area contributed by atoms with Gasteiger partial charge in [-0.2, -0.15) is 0 Å². The summed E-state index contributed by atoms with van der Waals surface area (Å²) in [6.45, 7) is 0. The molecule has 86 valence electrons. The number of hydrogen-bond acceptors (Lipinski definition) is 2. The van der Waals surface area contributed by atoms with Crippen molar-refractivity contribution in [2.24, 2.45) is 0 Å². The smallest absolute Gasteiger partial charge is 0.118 e. The van der Waals surface area contributed by atoms with Gasteiger partial charge in [-0.25, -0.2) is 0 Å². The van der Waals surface area contributed by atoms with E-state index in [2.05, 4.69) is 18.2 Å². The molecule has 16 heavy (non-hydrogen) atoms. The highest BCUT2D eigenvalue weighted by Gasteiger charge is 2.12. The van der Waals surface area contributed by atoms with Crippen LogP contribution in [0.2, 0.25) is 0 Å². The lowest BCUT2D eigenvalue weighted by Crippen LogP contribution is -2.04. The van der Waals surface area contributed by atoms with E-state index in [9.17, 15) is 5.11 Å². The lowest BCUT2D eigenvalue weighted by molar-refractivity contribution is 0.169. The van der Waals surface area contributed by atoms with Crippen LogP contribution in [0.1, 0.15) is 31.2 Å². The van der Waals surface area contributed by atoms with Crippen molar-refractivity contribution in [3.63, 3.8) is 0 Å². The molecule has 2 heteroatoms. The van der Waals surface area contributed by atoms with Crippen molar-refractivity contribution in [2.75, 3.05) is 7.11 Å². The van der Waals surface area contributed by atoms with E-state index in [0.717, 1.165) is 31.4 Å². The van der Waals surface area contributed by atoms with Gasteiger partial charge in [-0.15, -0.1) is 0 Å². The summed E-state index contributed by atoms with van der Waals surface area (Å²) in [5.74, 6) is 0.874. The quantitative estimate of drug-likeness (QED) is 0.826. The minimum atomic E-state index is -0.184. The fraction of sp³-hybridized carbons (Fsp3) is 0.429. The van der Waals surface area contributed by atoms with Crippen LogP contribution < -0.4 is 4.74 Å². The van der Waals surface area contributed by atoms with Crippen molar-refractivity contribution < 1.29 is 9.84 Å². The summed E-state index contributed by atoms with van der Waals surface area (Å²) in [4.78, 5) is 0. The van der Waals surface area contributed by atoms with Gasteiger partial charge in [0.25, 0.3) is 0 Å². The SMILES string of the molecule is COc1ccc(C2=CCCCC(O)C2)cc1. The van der Waals surface area contributed by atoms with Gasteiger partial charge in [-0.3, -0.25) is 0 Å². The Balaban J connectivity index is 2.18. The number of aliphatic hydroxyl groups excluding tert-OH is 1. The van der Waals surface area contributed by atoms with Gasteiger partial charge in [0.15, 0.2) is 0 Å². The first kappa shape index (κ1) is 11.2. The predicted octanol–water partition coefficient (Wildman–Crippen LogP) is 3.01. The Morgan fingerprint density at radius 2 is 2.00 bits per heavy atom. The second-order valence-electron chi connectivity index (χ2n) is 4.25. The molecule has 1 aliphatic rings. The maximum absolute atomic E-state index is 9.76. The lowest BCUT2D eigenvalue weighted by atomic mass is 10.00. The summed E-state index contributed by atoms with van der Waals surface area (Å²) in [5, 5.41) is 9.76. The molecule has 0 heterocycles. The molecule has 2 rings (SSSR count). The highest BCUT2D eigenvalue weighted by molar-refractivity contribution is 5.66. The van der Waals surface area contributed by atoms with Crippen LogP contribution >= 0.6 is 0 Å². The highest BCUT2D eigenvalue weighted by Crippen LogP contribution is 2.27. The van der Waals surface area contributed by atoms with Gasteiger partial charge in [-0.1, -0.05) is 18.2 Å². The van der Waals surface area contributed by atoms with Crippen molar-refractivity contribution in [2.45, 2.75) is 31.8 Å². The van der Waals surface area contributed by atoms with Gasteiger partial charge in [-0.05, 0) is 49.0 Å². The molecule has 0 saturated heterocycles. The van der Waals surface area contributed by atoms with Gasteiger partial charge in [0.05, 0.1) is 13.2 Å². The zero-order chi connectivity index (χ0) is 11.4. The number of methoxy groups -OCH3 is 1. The number of rotatable bonds is 2. The topological polar surface area (TPSA) is 29.5 Å². The van der Waals surface area contributed by atoms with Crippen LogP contribution in [-0.2, 0) is 0 Å². The molecule has 0 fully saturated rings. The molecule has 0 amide bonds. The van der Waals surface area contributed by atoms with Crippen LogP contribution in [0.15, 0.2) is 30.3 Å². The molecule has 0 aliphatic heterocycles. The van der Waals surface area contributed by atoms with Gasteiger partial charge in [0, 0.05) is 0 Å². The van der Waals surface area contributed by atoms with Gasteiger partial charge in [0.1, 0.15) is 5.75 Å². The van der Waals surface area contributed by atoms with E-state index < -0.39 is 0 Å². The fourth-order valence-electron chi connectivity index (χ4n) is 2.11. The Bertz CT molecular complexity index is 365. The first-order valence-corrected chi connectivity index (χ1v) is 5.81. The van der Waals surface area contributed by atoms with E-state index in [1.807, 2.05) is 12.1 Å². The molecule has 0 saturated carbocycles. The fourth-order valence-corrected chi connectivity index (χ4v) is 2.11. The van der Waals surface area contributed by atoms with E-state index in [1.165, 1.54) is 11.1 Å². The summed E-state index contributed by atoms with van der Waals surface area (Å²) >= 11 is 0. The minimum Gasteiger partial charge on any atom is -0.497 e. The summed E-state index contributed by atoms with van der Waals surface area (Å²) < 4.78 is 5.13. The van der Waals surface area contributed by atoms with Gasteiger partial charge >= 0.3 is 0 Å². The zero-order valence-corrected chi connectivity index (χ0v) is 9.65. The Labute approximate surface area is 96.6 Å². The Morgan fingerprint density at radius 3 is 2.69 bits per heavy atom. The summed E-state index contributed by atoms with van der Waals surface area (Å²) in [6.07, 6.45) is 5.90. The van der Waals surface area contributed by atoms with Crippen LogP contribution in [0.4, 0.5) is 0 Å². The van der Waals surface area contributed by atoms with Crippen molar-refractivity contribution in [3.8, 4) is 5.75 Å². The Kier molecular flexibility index (Phi) is 3.62. The van der Waals surface area contributed by atoms with Crippen LogP contribution in [-0.4, -0.2) is 18.3 Å². The van der Waals surface area contributed by atoms with Gasteiger partial charge in [0.2, 0.25) is 0 Å². The number of hydrogen-bond donors (Lipinski definition) is 1. The normalized spacial score (nSPS) is 21.1. The first-order chi connectivity index (χ1) is 7.79. The molecule has 0 radical (unpaired) electrons. The van der Waals surface area contributed by atoms with Crippen LogP contribution in [0.25, 0.3) is 5.57 Å². The molecule has 0 bridgehead atoms. The molecule has 1 aliphatic carbocycles. The minimum absolute atomic E-state index is 0.184. The van der Waals surface area contributed by atoms with E-state index >= 15 is 0 Å². The van der Waals surface area contributed by atoms with Crippen molar-refractivity contribution in [1.29, 1.82) is 0 Å². The van der Waals surface area contributed by atoms with Crippen LogP contribution in [0.3, 0.4) is 0 Å². The van der Waals surface area contributed by atoms with Crippen molar-refractivity contribution in [1.82, 2.24) is 0 Å². The third-order valence-electron chi connectivity index (χ3n) is 3.05. The molecular formula is C14H18O2. The maximum atomic E-state index is 9.76. The van der Waals surface area contributed by atoms with E-state index in [1.54, 1.807) is 7.11 Å². The third-order valence-corrected chi connectivity index (χ3v) is 3.05. The first-order valence-electron chi connectivity index (χ1n) is 5.81. The van der Waals surface area contributed by atoms with Gasteiger partial charge < -0.3 is 9.84 Å². The average Bonchev–Trinajstić information content (AvgIpc) is 2.54. The van der Waals surface area contributed by atoms with E-state index in [4.69, 9.17) is 4.74 Å². The summed E-state index contributed by atoms with van der Waals surface area (Å²) in [6, 6.07) is 8.05. The molecule has 1 aromatic carbocycles. The van der Waals surface area contributed by atoms with Crippen molar-refractivity contribution in [3.05, 3.63) is 35.9 Å². The number of aliphatic hydroxyl groups is 1. The standard InChI is InChI=1S/C14H18O2/c1-16-14-8-6-11(7-9-14)12-4-2-3-5-13(15)10-12/h4,6-9,13,15H,2-3,5,10H2,1H3. The molecule has 1 aromatic rings. The molecule has 1 unspecified atom stereocenters. The number of ether oxygens (including phenoxy) is 1. The van der Waals surface area contributed by atoms with E-state index in [0.29, 0.717) is 0 Å². The Hall–Kier alpha value is -1.28. The van der Waals surface area contributed by atoms with Crippen LogP contribution in [0.5, 0.6) is 5.75 Å². The maximum Gasteiger partial charge on any atom is 0.118 e. The number of allylic oxidation sites excluding steroid dienone is 1.